The number of rotatable bonds is 3. The van der Waals surface area contributed by atoms with Crippen molar-refractivity contribution in [1.82, 2.24) is 5.48 Å². The van der Waals surface area contributed by atoms with Crippen LogP contribution < -0.4 is 11.2 Å². The number of hydroxylamine groups is 1. The monoisotopic (exact) mass is 134 g/mol. The molecule has 0 saturated heterocycles. The maximum atomic E-state index is 10.2. The predicted molar refractivity (Wildman–Crippen MR) is 29.6 cm³/mol. The maximum Gasteiger partial charge on any atom is 0.272 e. The van der Waals surface area contributed by atoms with Gasteiger partial charge >= 0.3 is 0 Å². The van der Waals surface area contributed by atoms with Crippen LogP contribution in [0.2, 0.25) is 0 Å². The van der Waals surface area contributed by atoms with Crippen molar-refractivity contribution >= 4 is 5.91 Å². The van der Waals surface area contributed by atoms with Gasteiger partial charge in [-0.05, 0) is 13.0 Å². The number of carbonyl (C=O) groups is 1. The van der Waals surface area contributed by atoms with Crippen LogP contribution in [0.25, 0.3) is 0 Å². The second kappa shape index (κ2) is 4.25. The summed E-state index contributed by atoms with van der Waals surface area (Å²) in [6.07, 6.45) is -1.04. The van der Waals surface area contributed by atoms with Gasteiger partial charge in [0.1, 0.15) is 6.10 Å². The number of nitrogens with one attached hydrogen (secondary N) is 1. The molecule has 0 saturated carbocycles. The lowest BCUT2D eigenvalue weighted by atomic mass is 10.2. The zero-order valence-corrected chi connectivity index (χ0v) is 4.87. The molecular formula is C4H10N2O3. The van der Waals surface area contributed by atoms with Crippen molar-refractivity contribution in [3.8, 4) is 0 Å². The molecule has 0 aromatic carbocycles. The topological polar surface area (TPSA) is 95.6 Å². The van der Waals surface area contributed by atoms with E-state index >= 15 is 0 Å². The fourth-order valence-electron chi connectivity index (χ4n) is 0.363. The zero-order chi connectivity index (χ0) is 7.28. The summed E-state index contributed by atoms with van der Waals surface area (Å²) in [7, 11) is 0. The highest BCUT2D eigenvalue weighted by molar-refractivity contribution is 5.79. The fourth-order valence-corrected chi connectivity index (χ4v) is 0.363. The number of aliphatic hydroxyl groups is 1. The van der Waals surface area contributed by atoms with E-state index in [-0.39, 0.29) is 13.0 Å². The number of hydrogen-bond donors (Lipinski definition) is 4. The molecule has 5 N–H and O–H groups in total. The Hall–Kier alpha value is -0.650. The van der Waals surface area contributed by atoms with Crippen molar-refractivity contribution in [3.05, 3.63) is 0 Å². The van der Waals surface area contributed by atoms with Gasteiger partial charge in [-0.2, -0.15) is 0 Å². The van der Waals surface area contributed by atoms with E-state index < -0.39 is 12.0 Å². The summed E-state index contributed by atoms with van der Waals surface area (Å²) in [5, 5.41) is 16.6. The summed E-state index contributed by atoms with van der Waals surface area (Å²) in [6, 6.07) is 0. The lowest BCUT2D eigenvalue weighted by Gasteiger charge is -2.04. The van der Waals surface area contributed by atoms with E-state index in [0.717, 1.165) is 0 Å². The van der Waals surface area contributed by atoms with Crippen molar-refractivity contribution in [2.45, 2.75) is 12.5 Å². The summed E-state index contributed by atoms with van der Waals surface area (Å²) < 4.78 is 0. The molecule has 0 aliphatic heterocycles. The Morgan fingerprint density at radius 3 is 2.67 bits per heavy atom. The van der Waals surface area contributed by atoms with Crippen LogP contribution in [0.1, 0.15) is 6.42 Å². The summed E-state index contributed by atoms with van der Waals surface area (Å²) in [5.74, 6) is -0.819. The Bertz CT molecular complexity index is 95.8. The average molecular weight is 134 g/mol. The molecule has 5 nitrogen and oxygen atoms in total. The van der Waals surface area contributed by atoms with Gasteiger partial charge in [-0.3, -0.25) is 10.0 Å². The average Bonchev–Trinajstić information content (AvgIpc) is 1.87. The Kier molecular flexibility index (Phi) is 3.94. The lowest BCUT2D eigenvalue weighted by Crippen LogP contribution is -2.33. The normalized spacial score (nSPS) is 12.8. The molecule has 0 rings (SSSR count). The molecule has 0 fully saturated rings. The van der Waals surface area contributed by atoms with Gasteiger partial charge in [-0.1, -0.05) is 0 Å². The summed E-state index contributed by atoms with van der Waals surface area (Å²) in [4.78, 5) is 10.2. The molecule has 0 radical (unpaired) electrons. The van der Waals surface area contributed by atoms with E-state index in [9.17, 15) is 4.79 Å². The maximum absolute atomic E-state index is 10.2. The van der Waals surface area contributed by atoms with Gasteiger partial charge in [0, 0.05) is 0 Å². The molecule has 1 atom stereocenters. The third kappa shape index (κ3) is 3.02. The highest BCUT2D eigenvalue weighted by Crippen LogP contribution is 1.86. The summed E-state index contributed by atoms with van der Waals surface area (Å²) in [5.41, 5.74) is 6.31. The first kappa shape index (κ1) is 8.35. The van der Waals surface area contributed by atoms with Crippen LogP contribution in [-0.2, 0) is 4.79 Å². The lowest BCUT2D eigenvalue weighted by molar-refractivity contribution is -0.138. The highest BCUT2D eigenvalue weighted by Gasteiger charge is 2.11. The van der Waals surface area contributed by atoms with Crippen LogP contribution in [0, 0.1) is 0 Å². The second-order valence-electron chi connectivity index (χ2n) is 1.57. The minimum absolute atomic E-state index is 0.159. The van der Waals surface area contributed by atoms with Crippen molar-refractivity contribution in [1.29, 1.82) is 0 Å². The van der Waals surface area contributed by atoms with Crippen LogP contribution in [0.3, 0.4) is 0 Å². The summed E-state index contributed by atoms with van der Waals surface area (Å²) in [6.45, 7) is 0.217. The largest absolute Gasteiger partial charge is 0.383 e. The Morgan fingerprint density at radius 2 is 2.33 bits per heavy atom. The van der Waals surface area contributed by atoms with Gasteiger partial charge in [-0.15, -0.1) is 0 Å². The molecule has 0 aliphatic carbocycles. The van der Waals surface area contributed by atoms with Crippen LogP contribution in [0.5, 0.6) is 0 Å². The number of aliphatic hydroxyl groups excluding tert-OH is 1. The molecule has 54 valence electrons. The minimum Gasteiger partial charge on any atom is -0.383 e. The van der Waals surface area contributed by atoms with E-state index in [1.807, 2.05) is 0 Å². The third-order valence-corrected chi connectivity index (χ3v) is 0.853. The van der Waals surface area contributed by atoms with Gasteiger partial charge in [0.05, 0.1) is 0 Å². The van der Waals surface area contributed by atoms with Crippen LogP contribution in [0.4, 0.5) is 0 Å². The first-order chi connectivity index (χ1) is 4.22. The van der Waals surface area contributed by atoms with Crippen molar-refractivity contribution in [2.75, 3.05) is 6.54 Å². The minimum atomic E-state index is -1.19. The third-order valence-electron chi connectivity index (χ3n) is 0.853. The van der Waals surface area contributed by atoms with Crippen molar-refractivity contribution < 1.29 is 15.1 Å². The van der Waals surface area contributed by atoms with E-state index in [1.54, 1.807) is 0 Å². The smallest absolute Gasteiger partial charge is 0.272 e. The highest BCUT2D eigenvalue weighted by atomic mass is 16.5. The molecular weight excluding hydrogens is 124 g/mol. The van der Waals surface area contributed by atoms with E-state index in [2.05, 4.69) is 0 Å². The molecule has 0 aliphatic rings. The first-order valence-electron chi connectivity index (χ1n) is 2.54. The van der Waals surface area contributed by atoms with Crippen molar-refractivity contribution in [2.24, 2.45) is 5.73 Å². The summed E-state index contributed by atoms with van der Waals surface area (Å²) >= 11 is 0. The van der Waals surface area contributed by atoms with Crippen molar-refractivity contribution in [3.63, 3.8) is 0 Å². The Balaban J connectivity index is 3.45. The number of nitrogens with two attached hydrogens (primary N) is 1. The van der Waals surface area contributed by atoms with Gasteiger partial charge in [0.15, 0.2) is 0 Å². The van der Waals surface area contributed by atoms with Gasteiger partial charge < -0.3 is 10.8 Å². The van der Waals surface area contributed by atoms with Crippen LogP contribution in [-0.4, -0.2) is 28.9 Å². The van der Waals surface area contributed by atoms with Crippen LogP contribution in [0.15, 0.2) is 0 Å². The molecule has 1 amide bonds. The van der Waals surface area contributed by atoms with E-state index in [1.165, 1.54) is 5.48 Å². The molecule has 0 aromatic rings. The number of hydrogen-bond acceptors (Lipinski definition) is 4. The molecule has 0 spiro atoms. The molecule has 0 aromatic heterocycles. The SMILES string of the molecule is NCCC(O)C(=O)NO. The van der Waals surface area contributed by atoms with Crippen LogP contribution >= 0.6 is 0 Å². The molecule has 0 bridgehead atoms. The molecule has 9 heavy (non-hydrogen) atoms. The quantitative estimate of drug-likeness (QED) is 0.270. The first-order valence-corrected chi connectivity index (χ1v) is 2.54. The number of carbonyl (C=O) groups excluding carboxylic acids is 1. The molecule has 1 unspecified atom stereocenters. The number of amides is 1. The van der Waals surface area contributed by atoms with Gasteiger partial charge in [0.25, 0.3) is 5.91 Å². The molecule has 5 heteroatoms. The second-order valence-corrected chi connectivity index (χ2v) is 1.57. The van der Waals surface area contributed by atoms with Gasteiger partial charge in [0.2, 0.25) is 0 Å². The van der Waals surface area contributed by atoms with E-state index in [4.69, 9.17) is 16.0 Å². The standard InChI is InChI=1S/C4H10N2O3/c5-2-1-3(7)4(8)6-9/h3,7,9H,1-2,5H2,(H,6,8). The molecule has 0 heterocycles. The fraction of sp³-hybridized carbons (Fsp3) is 0.750. The zero-order valence-electron chi connectivity index (χ0n) is 4.87. The predicted octanol–water partition coefficient (Wildman–Crippen LogP) is -1.80. The Labute approximate surface area is 52.4 Å². The van der Waals surface area contributed by atoms with Gasteiger partial charge in [-0.25, -0.2) is 5.48 Å². The van der Waals surface area contributed by atoms with E-state index in [0.29, 0.717) is 0 Å². The Morgan fingerprint density at radius 1 is 1.78 bits per heavy atom.